The molecule has 2 aromatic rings. The molecule has 0 amide bonds. The van der Waals surface area contributed by atoms with Gasteiger partial charge in [0.25, 0.3) is 0 Å². The minimum Gasteiger partial charge on any atom is -0.380 e. The fraction of sp³-hybridized carbons (Fsp3) is 0.250. The van der Waals surface area contributed by atoms with Crippen LogP contribution >= 0.6 is 15.9 Å². The fourth-order valence-corrected chi connectivity index (χ4v) is 1.97. The van der Waals surface area contributed by atoms with Crippen molar-refractivity contribution >= 4 is 21.6 Å². The monoisotopic (exact) mass is 279 g/mol. The summed E-state index contributed by atoms with van der Waals surface area (Å²) in [4.78, 5) is 0. The van der Waals surface area contributed by atoms with Gasteiger partial charge < -0.3 is 5.32 Å². The van der Waals surface area contributed by atoms with E-state index in [9.17, 15) is 0 Å². The van der Waals surface area contributed by atoms with Gasteiger partial charge in [-0.25, -0.2) is 4.68 Å². The van der Waals surface area contributed by atoms with Crippen molar-refractivity contribution in [3.05, 3.63) is 41.1 Å². The van der Waals surface area contributed by atoms with Gasteiger partial charge in [-0.05, 0) is 41.9 Å². The van der Waals surface area contributed by atoms with Crippen LogP contribution in [0.25, 0.3) is 5.69 Å². The van der Waals surface area contributed by atoms with Gasteiger partial charge in [-0.15, -0.1) is 0 Å². The maximum absolute atomic E-state index is 4.32. The molecule has 0 aliphatic carbocycles. The van der Waals surface area contributed by atoms with E-state index >= 15 is 0 Å². The third-order valence-electron chi connectivity index (χ3n) is 2.14. The number of rotatable bonds is 3. The lowest BCUT2D eigenvalue weighted by Gasteiger charge is -2.06. The van der Waals surface area contributed by atoms with Crippen LogP contribution in [0.3, 0.4) is 0 Å². The first-order valence-corrected chi connectivity index (χ1v) is 6.02. The molecule has 1 aromatic heterocycles. The van der Waals surface area contributed by atoms with Crippen molar-refractivity contribution < 1.29 is 0 Å². The third-order valence-corrected chi connectivity index (χ3v) is 2.81. The molecule has 84 valence electrons. The Bertz CT molecular complexity index is 477. The van der Waals surface area contributed by atoms with Crippen LogP contribution in [0.4, 0.5) is 5.69 Å². The van der Waals surface area contributed by atoms with Gasteiger partial charge in [0.15, 0.2) is 0 Å². The van der Waals surface area contributed by atoms with Crippen molar-refractivity contribution in [2.24, 2.45) is 0 Å². The number of anilines is 1. The van der Waals surface area contributed by atoms with Crippen LogP contribution in [0.2, 0.25) is 0 Å². The SMILES string of the molecule is CC(C)Nc1cnn(-c2ccccc2Br)c1. The predicted molar refractivity (Wildman–Crippen MR) is 70.0 cm³/mol. The lowest BCUT2D eigenvalue weighted by atomic mass is 10.3. The quantitative estimate of drug-likeness (QED) is 0.933. The molecule has 1 N–H and O–H groups in total. The van der Waals surface area contributed by atoms with Crippen molar-refractivity contribution in [3.63, 3.8) is 0 Å². The number of nitrogens with one attached hydrogen (secondary N) is 1. The summed E-state index contributed by atoms with van der Waals surface area (Å²) < 4.78 is 2.89. The Labute approximate surface area is 104 Å². The lowest BCUT2D eigenvalue weighted by Crippen LogP contribution is -2.08. The van der Waals surface area contributed by atoms with E-state index < -0.39 is 0 Å². The molecule has 1 aromatic carbocycles. The molecule has 2 rings (SSSR count). The molecule has 0 aliphatic heterocycles. The van der Waals surface area contributed by atoms with Gasteiger partial charge in [0, 0.05) is 10.5 Å². The fourth-order valence-electron chi connectivity index (χ4n) is 1.50. The number of nitrogens with zero attached hydrogens (tertiary/aromatic N) is 2. The van der Waals surface area contributed by atoms with E-state index in [1.54, 1.807) is 0 Å². The van der Waals surface area contributed by atoms with Crippen LogP contribution in [0.1, 0.15) is 13.8 Å². The molecular weight excluding hydrogens is 266 g/mol. The standard InChI is InChI=1S/C12H14BrN3/c1-9(2)15-10-7-14-16(8-10)12-6-4-3-5-11(12)13/h3-9,15H,1-2H3. The largest absolute Gasteiger partial charge is 0.380 e. The number of benzene rings is 1. The minimum atomic E-state index is 0.414. The lowest BCUT2D eigenvalue weighted by molar-refractivity contribution is 0.875. The number of halogens is 1. The first-order valence-electron chi connectivity index (χ1n) is 5.23. The summed E-state index contributed by atoms with van der Waals surface area (Å²) in [6, 6.07) is 8.43. The van der Waals surface area contributed by atoms with E-state index in [2.05, 4.69) is 40.2 Å². The molecule has 3 nitrogen and oxygen atoms in total. The molecule has 0 saturated carbocycles. The Balaban J connectivity index is 2.28. The zero-order valence-corrected chi connectivity index (χ0v) is 10.9. The highest BCUT2D eigenvalue weighted by molar-refractivity contribution is 9.10. The van der Waals surface area contributed by atoms with Crippen LogP contribution in [-0.4, -0.2) is 15.8 Å². The van der Waals surface area contributed by atoms with Gasteiger partial charge in [-0.1, -0.05) is 12.1 Å². The van der Waals surface area contributed by atoms with Crippen LogP contribution < -0.4 is 5.32 Å². The van der Waals surface area contributed by atoms with E-state index in [0.29, 0.717) is 6.04 Å². The predicted octanol–water partition coefficient (Wildman–Crippen LogP) is 3.46. The Morgan fingerprint density at radius 3 is 2.75 bits per heavy atom. The highest BCUT2D eigenvalue weighted by Gasteiger charge is 2.04. The zero-order chi connectivity index (χ0) is 11.5. The highest BCUT2D eigenvalue weighted by atomic mass is 79.9. The van der Waals surface area contributed by atoms with Gasteiger partial charge in [0.05, 0.1) is 23.8 Å². The topological polar surface area (TPSA) is 29.9 Å². The number of aromatic nitrogens is 2. The Hall–Kier alpha value is -1.29. The van der Waals surface area contributed by atoms with Gasteiger partial charge in [-0.3, -0.25) is 0 Å². The van der Waals surface area contributed by atoms with Crippen molar-refractivity contribution in [1.82, 2.24) is 9.78 Å². The number of para-hydroxylation sites is 1. The van der Waals surface area contributed by atoms with Crippen molar-refractivity contribution in [3.8, 4) is 5.69 Å². The van der Waals surface area contributed by atoms with Gasteiger partial charge in [-0.2, -0.15) is 5.10 Å². The summed E-state index contributed by atoms with van der Waals surface area (Å²) in [6.45, 7) is 4.21. The molecular formula is C12H14BrN3. The summed E-state index contributed by atoms with van der Waals surface area (Å²) >= 11 is 3.51. The second-order valence-electron chi connectivity index (χ2n) is 3.92. The van der Waals surface area contributed by atoms with Crippen molar-refractivity contribution in [2.45, 2.75) is 19.9 Å². The molecule has 0 bridgehead atoms. The van der Waals surface area contributed by atoms with Gasteiger partial charge in [0.1, 0.15) is 0 Å². The number of hydrogen-bond donors (Lipinski definition) is 1. The van der Waals surface area contributed by atoms with Crippen molar-refractivity contribution in [1.29, 1.82) is 0 Å². The molecule has 0 unspecified atom stereocenters. The summed E-state index contributed by atoms with van der Waals surface area (Å²) in [7, 11) is 0. The normalized spacial score (nSPS) is 10.8. The molecule has 0 spiro atoms. The number of hydrogen-bond acceptors (Lipinski definition) is 2. The summed E-state index contributed by atoms with van der Waals surface area (Å²) in [5.74, 6) is 0. The maximum atomic E-state index is 4.32. The first kappa shape index (κ1) is 11.2. The maximum Gasteiger partial charge on any atom is 0.0788 e. The summed E-state index contributed by atoms with van der Waals surface area (Å²) in [5.41, 5.74) is 2.07. The second-order valence-corrected chi connectivity index (χ2v) is 4.78. The molecule has 0 aliphatic rings. The van der Waals surface area contributed by atoms with Crippen LogP contribution in [0, 0.1) is 0 Å². The van der Waals surface area contributed by atoms with Crippen LogP contribution in [-0.2, 0) is 0 Å². The molecule has 0 atom stereocenters. The summed E-state index contributed by atoms with van der Waals surface area (Å²) in [6.07, 6.45) is 3.82. The van der Waals surface area contributed by atoms with E-state index in [0.717, 1.165) is 15.8 Å². The first-order chi connectivity index (χ1) is 7.66. The Kier molecular flexibility index (Phi) is 3.29. The van der Waals surface area contributed by atoms with Gasteiger partial charge in [0.2, 0.25) is 0 Å². The van der Waals surface area contributed by atoms with Gasteiger partial charge >= 0.3 is 0 Å². The van der Waals surface area contributed by atoms with E-state index in [1.807, 2.05) is 41.3 Å². The Morgan fingerprint density at radius 2 is 2.06 bits per heavy atom. The smallest absolute Gasteiger partial charge is 0.0788 e. The van der Waals surface area contributed by atoms with E-state index in [-0.39, 0.29) is 0 Å². The van der Waals surface area contributed by atoms with Crippen LogP contribution in [0.5, 0.6) is 0 Å². The Morgan fingerprint density at radius 1 is 1.31 bits per heavy atom. The minimum absolute atomic E-state index is 0.414. The molecule has 0 saturated heterocycles. The third kappa shape index (κ3) is 2.44. The van der Waals surface area contributed by atoms with E-state index in [4.69, 9.17) is 0 Å². The second kappa shape index (κ2) is 4.70. The highest BCUT2D eigenvalue weighted by Crippen LogP contribution is 2.21. The molecule has 4 heteroatoms. The van der Waals surface area contributed by atoms with E-state index in [1.165, 1.54) is 0 Å². The van der Waals surface area contributed by atoms with Crippen molar-refractivity contribution in [2.75, 3.05) is 5.32 Å². The molecule has 0 radical (unpaired) electrons. The average molecular weight is 280 g/mol. The summed E-state index contributed by atoms with van der Waals surface area (Å²) in [5, 5.41) is 7.64. The average Bonchev–Trinajstić information content (AvgIpc) is 2.66. The molecule has 1 heterocycles. The van der Waals surface area contributed by atoms with Crippen LogP contribution in [0.15, 0.2) is 41.1 Å². The molecule has 16 heavy (non-hydrogen) atoms. The molecule has 0 fully saturated rings. The zero-order valence-electron chi connectivity index (χ0n) is 9.31.